The summed E-state index contributed by atoms with van der Waals surface area (Å²) in [5.41, 5.74) is 2.31. The van der Waals surface area contributed by atoms with Gasteiger partial charge in [0.25, 0.3) is 5.91 Å². The number of hydrogen-bond donors (Lipinski definition) is 2. The number of carbonyl (C=O) groups excluding carboxylic acids is 1. The third-order valence-electron chi connectivity index (χ3n) is 7.91. The number of rotatable bonds is 6. The second kappa shape index (κ2) is 7.94. The molecule has 7 nitrogen and oxygen atoms in total. The van der Waals surface area contributed by atoms with Crippen LogP contribution >= 0.6 is 0 Å². The molecule has 3 heterocycles. The maximum Gasteiger partial charge on any atom is 0.257 e. The first-order valence-electron chi connectivity index (χ1n) is 11.0. The minimum absolute atomic E-state index is 0.0366. The number of fused-ring (bicyclic) bond motifs is 1. The fraction of sp³-hybridized carbons (Fsp3) is 0.500. The van der Waals surface area contributed by atoms with Crippen LogP contribution in [0.2, 0.25) is 0 Å². The lowest BCUT2D eigenvalue weighted by molar-refractivity contribution is 0.0636. The van der Waals surface area contributed by atoms with Gasteiger partial charge in [0.1, 0.15) is 11.4 Å². The monoisotopic (exact) mass is 420 g/mol. The summed E-state index contributed by atoms with van der Waals surface area (Å²) in [6.45, 7) is 12.1. The van der Waals surface area contributed by atoms with E-state index in [1.54, 1.807) is 16.9 Å². The van der Waals surface area contributed by atoms with E-state index < -0.39 is 0 Å². The number of anilines is 1. The third-order valence-corrected chi connectivity index (χ3v) is 7.91. The van der Waals surface area contributed by atoms with Crippen LogP contribution in [-0.4, -0.2) is 31.5 Å². The van der Waals surface area contributed by atoms with Crippen molar-refractivity contribution >= 4 is 17.4 Å². The van der Waals surface area contributed by atoms with Crippen LogP contribution in [0.3, 0.4) is 0 Å². The van der Waals surface area contributed by atoms with Crippen LogP contribution in [0.25, 0.3) is 5.65 Å². The van der Waals surface area contributed by atoms with Crippen LogP contribution in [0.15, 0.2) is 43.0 Å². The Morgan fingerprint density at radius 2 is 2.06 bits per heavy atom. The molecule has 3 atom stereocenters. The van der Waals surface area contributed by atoms with Gasteiger partial charge in [-0.1, -0.05) is 40.7 Å². The molecule has 1 amide bonds. The Morgan fingerprint density at radius 1 is 1.26 bits per heavy atom. The first kappa shape index (κ1) is 21.3. The molecule has 0 aromatic carbocycles. The Balaban J connectivity index is 1.54. The molecule has 0 spiro atoms. The van der Waals surface area contributed by atoms with Crippen LogP contribution in [0.4, 0.5) is 5.82 Å². The summed E-state index contributed by atoms with van der Waals surface area (Å²) < 4.78 is 1.64. The van der Waals surface area contributed by atoms with Crippen molar-refractivity contribution in [2.45, 2.75) is 60.0 Å². The third kappa shape index (κ3) is 3.66. The molecule has 164 valence electrons. The topological polar surface area (TPSA) is 84.2 Å². The van der Waals surface area contributed by atoms with Gasteiger partial charge in [0.15, 0.2) is 5.65 Å². The van der Waals surface area contributed by atoms with Gasteiger partial charge in [-0.15, -0.1) is 0 Å². The zero-order chi connectivity index (χ0) is 22.2. The zero-order valence-corrected chi connectivity index (χ0v) is 19.0. The van der Waals surface area contributed by atoms with Crippen LogP contribution in [0.5, 0.6) is 0 Å². The van der Waals surface area contributed by atoms with E-state index in [1.165, 1.54) is 0 Å². The normalized spacial score (nSPS) is 24.9. The highest BCUT2D eigenvalue weighted by Gasteiger charge is 2.55. The van der Waals surface area contributed by atoms with Gasteiger partial charge in [-0.2, -0.15) is 5.10 Å². The highest BCUT2D eigenvalue weighted by Crippen LogP contribution is 2.57. The smallest absolute Gasteiger partial charge is 0.257 e. The molecule has 31 heavy (non-hydrogen) atoms. The predicted octanol–water partition coefficient (Wildman–Crippen LogP) is 4.32. The molecule has 0 bridgehead atoms. The molecule has 2 N–H and O–H groups in total. The van der Waals surface area contributed by atoms with Crippen molar-refractivity contribution in [3.05, 3.63) is 54.1 Å². The Bertz CT molecular complexity index is 1080. The summed E-state index contributed by atoms with van der Waals surface area (Å²) in [6, 6.07) is 5.89. The van der Waals surface area contributed by atoms with Crippen molar-refractivity contribution in [1.29, 1.82) is 0 Å². The molecule has 0 radical (unpaired) electrons. The van der Waals surface area contributed by atoms with Crippen LogP contribution in [0.1, 0.15) is 63.4 Å². The Morgan fingerprint density at radius 3 is 2.77 bits per heavy atom. The van der Waals surface area contributed by atoms with E-state index in [0.717, 1.165) is 18.4 Å². The Labute approximate surface area is 183 Å². The SMILES string of the molecule is CC[C@@]1(C)[C@H](NC(=O)c2cnn3ccc(NCc4cccnc4)nc23)C[C@@H](C)C1(C)C. The molecule has 4 rings (SSSR count). The highest BCUT2D eigenvalue weighted by atomic mass is 16.1. The van der Waals surface area contributed by atoms with Crippen molar-refractivity contribution in [2.24, 2.45) is 16.7 Å². The lowest BCUT2D eigenvalue weighted by Crippen LogP contribution is -2.47. The minimum atomic E-state index is -0.110. The Kier molecular flexibility index (Phi) is 5.45. The average Bonchev–Trinajstić information content (AvgIpc) is 3.26. The number of nitrogens with zero attached hydrogens (tertiary/aromatic N) is 4. The van der Waals surface area contributed by atoms with Gasteiger partial charge < -0.3 is 10.6 Å². The van der Waals surface area contributed by atoms with Crippen LogP contribution in [0, 0.1) is 16.7 Å². The van der Waals surface area contributed by atoms with Crippen molar-refractivity contribution < 1.29 is 4.79 Å². The van der Waals surface area contributed by atoms with E-state index in [4.69, 9.17) is 0 Å². The first-order valence-corrected chi connectivity index (χ1v) is 11.0. The second-order valence-electron chi connectivity index (χ2n) is 9.51. The molecular weight excluding hydrogens is 388 g/mol. The zero-order valence-electron chi connectivity index (χ0n) is 19.0. The van der Waals surface area contributed by atoms with E-state index >= 15 is 0 Å². The molecule has 0 saturated heterocycles. The molecule has 1 fully saturated rings. The molecule has 1 saturated carbocycles. The lowest BCUT2D eigenvalue weighted by Gasteiger charge is -2.43. The van der Waals surface area contributed by atoms with Gasteiger partial charge >= 0.3 is 0 Å². The largest absolute Gasteiger partial charge is 0.366 e. The quantitative estimate of drug-likeness (QED) is 0.620. The summed E-state index contributed by atoms with van der Waals surface area (Å²) in [5.74, 6) is 1.12. The van der Waals surface area contributed by atoms with Gasteiger partial charge in [0, 0.05) is 31.2 Å². The maximum absolute atomic E-state index is 13.3. The van der Waals surface area contributed by atoms with Crippen molar-refractivity contribution in [3.63, 3.8) is 0 Å². The predicted molar refractivity (Wildman–Crippen MR) is 122 cm³/mol. The van der Waals surface area contributed by atoms with E-state index in [0.29, 0.717) is 29.5 Å². The number of hydrogen-bond acceptors (Lipinski definition) is 5. The van der Waals surface area contributed by atoms with Crippen molar-refractivity contribution in [1.82, 2.24) is 24.9 Å². The number of pyridine rings is 1. The molecule has 1 aliphatic carbocycles. The molecular formula is C24H32N6O. The maximum atomic E-state index is 13.3. The number of carbonyl (C=O) groups is 1. The van der Waals surface area contributed by atoms with Crippen molar-refractivity contribution in [3.8, 4) is 0 Å². The van der Waals surface area contributed by atoms with Gasteiger partial charge in [0.05, 0.1) is 6.20 Å². The van der Waals surface area contributed by atoms with E-state index in [9.17, 15) is 4.79 Å². The summed E-state index contributed by atoms with van der Waals surface area (Å²) in [7, 11) is 0. The van der Waals surface area contributed by atoms with Gasteiger partial charge in [-0.3, -0.25) is 9.78 Å². The van der Waals surface area contributed by atoms with E-state index in [1.807, 2.05) is 30.6 Å². The molecule has 0 unspecified atom stereocenters. The number of aromatic nitrogens is 4. The Hall–Kier alpha value is -2.96. The first-order chi connectivity index (χ1) is 14.8. The fourth-order valence-corrected chi connectivity index (χ4v) is 4.90. The summed E-state index contributed by atoms with van der Waals surface area (Å²) in [5, 5.41) is 10.9. The molecule has 7 heteroatoms. The van der Waals surface area contributed by atoms with Gasteiger partial charge in [-0.25, -0.2) is 9.50 Å². The van der Waals surface area contributed by atoms with Crippen molar-refractivity contribution in [2.75, 3.05) is 5.32 Å². The molecule has 3 aromatic rings. The number of amides is 1. The fourth-order valence-electron chi connectivity index (χ4n) is 4.90. The number of nitrogens with one attached hydrogen (secondary N) is 2. The molecule has 0 aliphatic heterocycles. The van der Waals surface area contributed by atoms with Gasteiger partial charge in [-0.05, 0) is 47.3 Å². The van der Waals surface area contributed by atoms with E-state index in [-0.39, 0.29) is 22.8 Å². The van der Waals surface area contributed by atoms with Crippen LogP contribution in [-0.2, 0) is 6.54 Å². The average molecular weight is 421 g/mol. The summed E-state index contributed by atoms with van der Waals surface area (Å²) in [6.07, 6.45) is 8.99. The minimum Gasteiger partial charge on any atom is -0.366 e. The van der Waals surface area contributed by atoms with Gasteiger partial charge in [0.2, 0.25) is 0 Å². The standard InChI is InChI=1S/C24H32N6O/c1-6-24(5)19(12-16(2)23(24,3)4)28-22(31)18-15-27-30-11-9-20(29-21(18)30)26-14-17-8-7-10-25-13-17/h7-11,13,15-16,19H,6,12,14H2,1-5H3,(H,26,29)(H,28,31)/t16-,19-,24+/m1/s1. The van der Waals surface area contributed by atoms with E-state index in [2.05, 4.69) is 60.3 Å². The summed E-state index contributed by atoms with van der Waals surface area (Å²) >= 11 is 0. The van der Waals surface area contributed by atoms with Crippen LogP contribution < -0.4 is 10.6 Å². The second-order valence-corrected chi connectivity index (χ2v) is 9.51. The molecule has 1 aliphatic rings. The summed E-state index contributed by atoms with van der Waals surface area (Å²) in [4.78, 5) is 22.0. The molecule has 3 aromatic heterocycles. The highest BCUT2D eigenvalue weighted by molar-refractivity contribution is 6.00. The lowest BCUT2D eigenvalue weighted by atomic mass is 9.63.